The molecule has 0 heterocycles. The topological polar surface area (TPSA) is 71.0 Å². The Morgan fingerprint density at radius 2 is 1.62 bits per heavy atom. The Hall–Kier alpha value is -1.40. The van der Waals surface area contributed by atoms with Gasteiger partial charge < -0.3 is 22.8 Å². The number of sulfone groups is 1. The molecule has 0 aliphatic rings. The van der Waals surface area contributed by atoms with Crippen molar-refractivity contribution in [1.82, 2.24) is 0 Å². The van der Waals surface area contributed by atoms with Gasteiger partial charge in [0, 0.05) is 0 Å². The van der Waals surface area contributed by atoms with Crippen molar-refractivity contribution in [2.24, 2.45) is 0 Å². The number of quaternary nitrogens is 1. The van der Waals surface area contributed by atoms with Gasteiger partial charge in [-0.1, -0.05) is 48.0 Å². The van der Waals surface area contributed by atoms with E-state index in [1.165, 1.54) is 0 Å². The van der Waals surface area contributed by atoms with Gasteiger partial charge in [0.15, 0.2) is 9.84 Å². The molecule has 0 amide bonds. The van der Waals surface area contributed by atoms with E-state index in [9.17, 15) is 13.5 Å². The molecule has 0 saturated heterocycles. The highest BCUT2D eigenvalue weighted by Crippen LogP contribution is 2.14. The van der Waals surface area contributed by atoms with E-state index in [1.807, 2.05) is 49.5 Å². The van der Waals surface area contributed by atoms with E-state index in [2.05, 4.69) is 0 Å². The Morgan fingerprint density at radius 1 is 1.04 bits per heavy atom. The summed E-state index contributed by atoms with van der Waals surface area (Å²) in [6.45, 7) is 4.24. The van der Waals surface area contributed by atoms with Crippen LogP contribution in [0.2, 0.25) is 0 Å². The zero-order chi connectivity index (χ0) is 16.9. The van der Waals surface area contributed by atoms with E-state index >= 15 is 0 Å². The summed E-state index contributed by atoms with van der Waals surface area (Å²) in [5, 5.41) is 12.2. The first-order chi connectivity index (χ1) is 10.9. The van der Waals surface area contributed by atoms with Crippen LogP contribution < -0.4 is 17.7 Å². The van der Waals surface area contributed by atoms with Crippen molar-refractivity contribution < 1.29 is 31.2 Å². The summed E-state index contributed by atoms with van der Waals surface area (Å²) in [5.41, 5.74) is 1.88. The Morgan fingerprint density at radius 3 is 2.21 bits per heavy atom. The molecule has 2 unspecified atom stereocenters. The first-order valence-corrected chi connectivity index (χ1v) is 9.41. The van der Waals surface area contributed by atoms with Crippen LogP contribution in [0.15, 0.2) is 59.5 Å². The van der Waals surface area contributed by atoms with E-state index in [0.29, 0.717) is 11.4 Å². The van der Waals surface area contributed by atoms with Crippen molar-refractivity contribution in [2.75, 3.05) is 12.3 Å². The minimum absolute atomic E-state index is 0. The van der Waals surface area contributed by atoms with Gasteiger partial charge in [-0.25, -0.2) is 8.42 Å². The summed E-state index contributed by atoms with van der Waals surface area (Å²) in [4.78, 5) is 0.354. The Labute approximate surface area is 150 Å². The first-order valence-electron chi connectivity index (χ1n) is 7.76. The van der Waals surface area contributed by atoms with Gasteiger partial charge in [0.05, 0.1) is 11.4 Å². The van der Waals surface area contributed by atoms with E-state index in [0.717, 1.165) is 11.1 Å². The average molecular weight is 370 g/mol. The Bertz CT molecular complexity index is 718. The smallest absolute Gasteiger partial charge is 0.183 e. The molecule has 0 aliphatic carbocycles. The van der Waals surface area contributed by atoms with Gasteiger partial charge in [-0.05, 0) is 31.5 Å². The second-order valence-corrected chi connectivity index (χ2v) is 7.98. The monoisotopic (exact) mass is 369 g/mol. The molecular weight excluding hydrogens is 346 g/mol. The second-order valence-electron chi connectivity index (χ2n) is 5.87. The molecule has 4 nitrogen and oxygen atoms in total. The van der Waals surface area contributed by atoms with Crippen LogP contribution in [0.5, 0.6) is 0 Å². The van der Waals surface area contributed by atoms with Crippen molar-refractivity contribution in [2.45, 2.75) is 30.9 Å². The highest BCUT2D eigenvalue weighted by molar-refractivity contribution is 7.91. The lowest BCUT2D eigenvalue weighted by Gasteiger charge is -2.17. The SMILES string of the molecule is Cc1ccc(S(=O)(=O)CC[NH2+]C(C)C(O)c2ccccc2)cc1.[Cl-]. The van der Waals surface area contributed by atoms with E-state index in [-0.39, 0.29) is 24.2 Å². The Kier molecular flexibility index (Phi) is 7.90. The molecule has 0 bridgehead atoms. The minimum atomic E-state index is -3.28. The molecular formula is C18H24ClNO3S. The first kappa shape index (κ1) is 20.6. The van der Waals surface area contributed by atoms with Crippen LogP contribution in [-0.4, -0.2) is 31.9 Å². The molecule has 0 spiro atoms. The molecule has 0 fully saturated rings. The van der Waals surface area contributed by atoms with E-state index in [4.69, 9.17) is 0 Å². The van der Waals surface area contributed by atoms with Crippen molar-refractivity contribution in [3.05, 3.63) is 65.7 Å². The number of benzene rings is 2. The number of aliphatic hydroxyl groups is 1. The van der Waals surface area contributed by atoms with Crippen molar-refractivity contribution in [3.8, 4) is 0 Å². The molecule has 2 aromatic rings. The van der Waals surface area contributed by atoms with E-state index < -0.39 is 15.9 Å². The lowest BCUT2D eigenvalue weighted by molar-refractivity contribution is -0.690. The number of hydrogen-bond acceptors (Lipinski definition) is 3. The average Bonchev–Trinajstić information content (AvgIpc) is 2.55. The highest BCUT2D eigenvalue weighted by Gasteiger charge is 2.21. The Balaban J connectivity index is 0.00000288. The number of halogens is 1. The van der Waals surface area contributed by atoms with Gasteiger partial charge in [-0.3, -0.25) is 0 Å². The van der Waals surface area contributed by atoms with Crippen LogP contribution in [0, 0.1) is 6.92 Å². The maximum atomic E-state index is 12.3. The molecule has 132 valence electrons. The molecule has 24 heavy (non-hydrogen) atoms. The number of aryl methyl sites for hydroxylation is 1. The van der Waals surface area contributed by atoms with Gasteiger partial charge in [0.1, 0.15) is 17.9 Å². The predicted molar refractivity (Wildman–Crippen MR) is 90.9 cm³/mol. The van der Waals surface area contributed by atoms with Crippen LogP contribution in [0.25, 0.3) is 0 Å². The fourth-order valence-corrected chi connectivity index (χ4v) is 3.67. The molecule has 0 saturated carbocycles. The van der Waals surface area contributed by atoms with Gasteiger partial charge in [-0.2, -0.15) is 0 Å². The van der Waals surface area contributed by atoms with Gasteiger partial charge in [-0.15, -0.1) is 0 Å². The molecule has 2 aromatic carbocycles. The quantitative estimate of drug-likeness (QED) is 0.621. The summed E-state index contributed by atoms with van der Waals surface area (Å²) < 4.78 is 24.6. The largest absolute Gasteiger partial charge is 1.00 e. The fourth-order valence-electron chi connectivity index (χ4n) is 2.43. The lowest BCUT2D eigenvalue weighted by atomic mass is 10.0. The summed E-state index contributed by atoms with van der Waals surface area (Å²) in [6, 6.07) is 16.2. The lowest BCUT2D eigenvalue weighted by Crippen LogP contribution is -3.00. The van der Waals surface area contributed by atoms with Crippen LogP contribution >= 0.6 is 0 Å². The summed E-state index contributed by atoms with van der Waals surface area (Å²) in [7, 11) is -3.28. The van der Waals surface area contributed by atoms with Crippen molar-refractivity contribution >= 4 is 9.84 Å². The molecule has 0 aliphatic heterocycles. The minimum Gasteiger partial charge on any atom is -1.00 e. The predicted octanol–water partition coefficient (Wildman–Crippen LogP) is -1.54. The van der Waals surface area contributed by atoms with Crippen LogP contribution in [-0.2, 0) is 9.84 Å². The highest BCUT2D eigenvalue weighted by atomic mass is 35.5. The van der Waals surface area contributed by atoms with Crippen molar-refractivity contribution in [3.63, 3.8) is 0 Å². The van der Waals surface area contributed by atoms with Gasteiger partial charge in [0.2, 0.25) is 0 Å². The summed E-state index contributed by atoms with van der Waals surface area (Å²) >= 11 is 0. The molecule has 0 aromatic heterocycles. The standard InChI is InChI=1S/C18H23NO3S.ClH/c1-14-8-10-17(11-9-14)23(21,22)13-12-19-15(2)18(20)16-6-4-3-5-7-16;/h3-11,15,18-20H,12-13H2,1-2H3;1H. The maximum Gasteiger partial charge on any atom is 0.183 e. The molecule has 0 radical (unpaired) electrons. The zero-order valence-electron chi connectivity index (χ0n) is 13.9. The van der Waals surface area contributed by atoms with Crippen LogP contribution in [0.4, 0.5) is 0 Å². The number of nitrogens with two attached hydrogens (primary N) is 1. The van der Waals surface area contributed by atoms with Gasteiger partial charge in [0.25, 0.3) is 0 Å². The number of hydrogen-bond donors (Lipinski definition) is 2. The molecule has 6 heteroatoms. The zero-order valence-corrected chi connectivity index (χ0v) is 15.5. The maximum absolute atomic E-state index is 12.3. The fraction of sp³-hybridized carbons (Fsp3) is 0.333. The van der Waals surface area contributed by atoms with Crippen molar-refractivity contribution in [1.29, 1.82) is 0 Å². The molecule has 3 N–H and O–H groups in total. The third-order valence-corrected chi connectivity index (χ3v) is 5.71. The normalized spacial score (nSPS) is 13.8. The van der Waals surface area contributed by atoms with Crippen LogP contribution in [0.1, 0.15) is 24.2 Å². The summed E-state index contributed by atoms with van der Waals surface area (Å²) in [6.07, 6.45) is -0.613. The number of rotatable bonds is 7. The molecule has 2 atom stereocenters. The van der Waals surface area contributed by atoms with Gasteiger partial charge >= 0.3 is 0 Å². The van der Waals surface area contributed by atoms with Crippen LogP contribution in [0.3, 0.4) is 0 Å². The van der Waals surface area contributed by atoms with E-state index in [1.54, 1.807) is 24.3 Å². The number of aliphatic hydroxyl groups excluding tert-OH is 1. The molecule has 2 rings (SSSR count). The second kappa shape index (κ2) is 9.18. The third kappa shape index (κ3) is 5.60. The summed E-state index contributed by atoms with van der Waals surface area (Å²) in [5.74, 6) is 0.0575. The third-order valence-electron chi connectivity index (χ3n) is 3.94.